The van der Waals surface area contributed by atoms with Gasteiger partial charge in [0.2, 0.25) is 0 Å². The van der Waals surface area contributed by atoms with Crippen molar-refractivity contribution in [2.24, 2.45) is 7.05 Å². The number of rotatable bonds is 5. The molecule has 0 unspecified atom stereocenters. The fourth-order valence-corrected chi connectivity index (χ4v) is 1.98. The Balaban J connectivity index is 2.45. The van der Waals surface area contributed by atoms with Crippen molar-refractivity contribution in [3.8, 4) is 17.0 Å². The Morgan fingerprint density at radius 2 is 2.15 bits per heavy atom. The summed E-state index contributed by atoms with van der Waals surface area (Å²) in [6.07, 6.45) is 0. The van der Waals surface area contributed by atoms with E-state index in [1.54, 1.807) is 14.2 Å². The lowest BCUT2D eigenvalue weighted by atomic mass is 10.1. The summed E-state index contributed by atoms with van der Waals surface area (Å²) in [5, 5.41) is 7.48. The highest BCUT2D eigenvalue weighted by Crippen LogP contribution is 2.21. The number of ether oxygens (including phenoxy) is 1. The quantitative estimate of drug-likeness (QED) is 0.898. The average molecular weight is 273 g/mol. The van der Waals surface area contributed by atoms with Gasteiger partial charge in [-0.05, 0) is 24.7 Å². The average Bonchev–Trinajstić information content (AvgIpc) is 2.48. The van der Waals surface area contributed by atoms with Gasteiger partial charge in [0.05, 0.1) is 12.8 Å². The fourth-order valence-electron chi connectivity index (χ4n) is 1.98. The van der Waals surface area contributed by atoms with Crippen molar-refractivity contribution >= 4 is 0 Å². The standard InChI is InChI=1S/C15H19N3O2/c1-4-16-10-12-9-14(17-18(2)15(12)19)11-6-5-7-13(8-11)20-3/h5-9,16H,4,10H2,1-3H3. The summed E-state index contributed by atoms with van der Waals surface area (Å²) in [5.74, 6) is 0.770. The molecule has 1 aromatic carbocycles. The minimum atomic E-state index is -0.0717. The minimum absolute atomic E-state index is 0.0717. The second-order valence-corrected chi connectivity index (χ2v) is 4.50. The largest absolute Gasteiger partial charge is 0.497 e. The number of aromatic nitrogens is 2. The third-order valence-corrected chi connectivity index (χ3v) is 3.07. The molecule has 0 saturated heterocycles. The van der Waals surface area contributed by atoms with Crippen LogP contribution in [0.25, 0.3) is 11.3 Å². The Hall–Kier alpha value is -2.14. The van der Waals surface area contributed by atoms with E-state index in [1.807, 2.05) is 37.3 Å². The molecule has 0 amide bonds. The van der Waals surface area contributed by atoms with Gasteiger partial charge in [0.1, 0.15) is 5.75 Å². The van der Waals surface area contributed by atoms with Gasteiger partial charge in [0.25, 0.3) is 5.56 Å². The van der Waals surface area contributed by atoms with E-state index in [0.29, 0.717) is 12.1 Å². The van der Waals surface area contributed by atoms with E-state index in [1.165, 1.54) is 4.68 Å². The first-order valence-corrected chi connectivity index (χ1v) is 6.58. The van der Waals surface area contributed by atoms with Crippen molar-refractivity contribution in [3.05, 3.63) is 46.2 Å². The highest BCUT2D eigenvalue weighted by atomic mass is 16.5. The lowest BCUT2D eigenvalue weighted by molar-refractivity contribution is 0.415. The fraction of sp³-hybridized carbons (Fsp3) is 0.333. The zero-order chi connectivity index (χ0) is 14.5. The Morgan fingerprint density at radius 1 is 1.35 bits per heavy atom. The molecule has 0 bridgehead atoms. The van der Waals surface area contributed by atoms with E-state index in [4.69, 9.17) is 4.74 Å². The summed E-state index contributed by atoms with van der Waals surface area (Å²) in [4.78, 5) is 12.0. The van der Waals surface area contributed by atoms with Gasteiger partial charge in [-0.2, -0.15) is 5.10 Å². The third kappa shape index (κ3) is 3.05. The molecule has 1 N–H and O–H groups in total. The van der Waals surface area contributed by atoms with Crippen LogP contribution in [0.15, 0.2) is 35.1 Å². The molecule has 2 rings (SSSR count). The molecule has 0 atom stereocenters. The molecule has 106 valence electrons. The number of hydrogen-bond acceptors (Lipinski definition) is 4. The molecule has 0 aliphatic heterocycles. The van der Waals surface area contributed by atoms with Crippen molar-refractivity contribution in [3.63, 3.8) is 0 Å². The minimum Gasteiger partial charge on any atom is -0.497 e. The van der Waals surface area contributed by atoms with Crippen LogP contribution in [0.5, 0.6) is 5.75 Å². The first-order valence-electron chi connectivity index (χ1n) is 6.58. The van der Waals surface area contributed by atoms with E-state index in [2.05, 4.69) is 10.4 Å². The highest BCUT2D eigenvalue weighted by molar-refractivity contribution is 5.61. The molecule has 1 heterocycles. The number of methoxy groups -OCH3 is 1. The molecule has 5 nitrogen and oxygen atoms in total. The molecular formula is C15H19N3O2. The van der Waals surface area contributed by atoms with Crippen LogP contribution in [-0.4, -0.2) is 23.4 Å². The van der Waals surface area contributed by atoms with Gasteiger partial charge >= 0.3 is 0 Å². The van der Waals surface area contributed by atoms with Crippen molar-refractivity contribution in [2.75, 3.05) is 13.7 Å². The van der Waals surface area contributed by atoms with Crippen LogP contribution in [0.4, 0.5) is 0 Å². The predicted octanol–water partition coefficient (Wildman–Crippen LogP) is 1.57. The molecule has 0 aliphatic rings. The first kappa shape index (κ1) is 14.3. The van der Waals surface area contributed by atoms with Crippen molar-refractivity contribution in [1.29, 1.82) is 0 Å². The van der Waals surface area contributed by atoms with Crippen molar-refractivity contribution in [1.82, 2.24) is 15.1 Å². The van der Waals surface area contributed by atoms with Crippen LogP contribution in [0.3, 0.4) is 0 Å². The lowest BCUT2D eigenvalue weighted by Gasteiger charge is -2.09. The smallest absolute Gasteiger partial charge is 0.271 e. The maximum Gasteiger partial charge on any atom is 0.271 e. The van der Waals surface area contributed by atoms with E-state index in [9.17, 15) is 4.79 Å². The predicted molar refractivity (Wildman–Crippen MR) is 78.8 cm³/mol. The summed E-state index contributed by atoms with van der Waals surface area (Å²) in [5.41, 5.74) is 2.33. The van der Waals surface area contributed by atoms with Crippen LogP contribution in [0.2, 0.25) is 0 Å². The molecule has 1 aromatic heterocycles. The van der Waals surface area contributed by atoms with E-state index >= 15 is 0 Å². The topological polar surface area (TPSA) is 56.1 Å². The molecule has 20 heavy (non-hydrogen) atoms. The van der Waals surface area contributed by atoms with Crippen LogP contribution in [0, 0.1) is 0 Å². The summed E-state index contributed by atoms with van der Waals surface area (Å²) < 4.78 is 6.59. The van der Waals surface area contributed by atoms with Gasteiger partial charge in [-0.25, -0.2) is 4.68 Å². The maximum absolute atomic E-state index is 12.0. The molecule has 0 fully saturated rings. The summed E-state index contributed by atoms with van der Waals surface area (Å²) in [6, 6.07) is 9.48. The Bertz CT molecular complexity index is 650. The number of benzene rings is 1. The molecule has 0 saturated carbocycles. The first-order chi connectivity index (χ1) is 9.65. The van der Waals surface area contributed by atoms with E-state index in [0.717, 1.165) is 23.6 Å². The zero-order valence-corrected chi connectivity index (χ0v) is 12.0. The van der Waals surface area contributed by atoms with Crippen LogP contribution in [-0.2, 0) is 13.6 Å². The summed E-state index contributed by atoms with van der Waals surface area (Å²) in [7, 11) is 3.30. The molecule has 2 aromatic rings. The Kier molecular flexibility index (Phi) is 4.53. The van der Waals surface area contributed by atoms with Crippen LogP contribution in [0.1, 0.15) is 12.5 Å². The van der Waals surface area contributed by atoms with E-state index in [-0.39, 0.29) is 5.56 Å². The van der Waals surface area contributed by atoms with Gasteiger partial charge in [0, 0.05) is 24.7 Å². The maximum atomic E-state index is 12.0. The normalized spacial score (nSPS) is 10.6. The number of nitrogens with zero attached hydrogens (tertiary/aromatic N) is 2. The highest BCUT2D eigenvalue weighted by Gasteiger charge is 2.08. The molecule has 5 heteroatoms. The van der Waals surface area contributed by atoms with Gasteiger partial charge in [-0.15, -0.1) is 0 Å². The number of aryl methyl sites for hydroxylation is 1. The van der Waals surface area contributed by atoms with E-state index < -0.39 is 0 Å². The van der Waals surface area contributed by atoms with Crippen LogP contribution < -0.4 is 15.6 Å². The Morgan fingerprint density at radius 3 is 2.85 bits per heavy atom. The molecule has 0 aliphatic carbocycles. The van der Waals surface area contributed by atoms with Crippen LogP contribution >= 0.6 is 0 Å². The second kappa shape index (κ2) is 6.34. The SMILES string of the molecule is CCNCc1cc(-c2cccc(OC)c2)nn(C)c1=O. The third-order valence-electron chi connectivity index (χ3n) is 3.07. The van der Waals surface area contributed by atoms with Gasteiger partial charge in [-0.1, -0.05) is 19.1 Å². The lowest BCUT2D eigenvalue weighted by Crippen LogP contribution is -2.27. The van der Waals surface area contributed by atoms with Gasteiger partial charge in [0.15, 0.2) is 0 Å². The molecule has 0 radical (unpaired) electrons. The monoisotopic (exact) mass is 273 g/mol. The Labute approximate surface area is 118 Å². The number of hydrogen-bond donors (Lipinski definition) is 1. The van der Waals surface area contributed by atoms with Crippen molar-refractivity contribution in [2.45, 2.75) is 13.5 Å². The van der Waals surface area contributed by atoms with Gasteiger partial charge in [-0.3, -0.25) is 4.79 Å². The molecule has 0 spiro atoms. The van der Waals surface area contributed by atoms with Crippen molar-refractivity contribution < 1.29 is 4.74 Å². The zero-order valence-electron chi connectivity index (χ0n) is 12.0. The summed E-state index contributed by atoms with van der Waals surface area (Å²) in [6.45, 7) is 3.37. The van der Waals surface area contributed by atoms with Gasteiger partial charge < -0.3 is 10.1 Å². The number of nitrogens with one attached hydrogen (secondary N) is 1. The summed E-state index contributed by atoms with van der Waals surface area (Å²) >= 11 is 0. The second-order valence-electron chi connectivity index (χ2n) is 4.50. The molecular weight excluding hydrogens is 254 g/mol.